The number of hydrogen-bond acceptors (Lipinski definition) is 6. The molecule has 2 aliphatic heterocycles. The number of hydrogen-bond donors (Lipinski definition) is 0. The fourth-order valence-corrected chi connectivity index (χ4v) is 4.51. The van der Waals surface area contributed by atoms with Crippen LogP contribution in [0.25, 0.3) is 6.08 Å². The molecule has 150 valence electrons. The van der Waals surface area contributed by atoms with E-state index in [1.165, 1.54) is 7.11 Å². The Kier molecular flexibility index (Phi) is 6.66. The number of carbonyl (C=O) groups excluding carboxylic acids is 3. The number of imide groups is 1. The van der Waals surface area contributed by atoms with Gasteiger partial charge in [0.15, 0.2) is 11.5 Å². The molecule has 0 aliphatic carbocycles. The predicted octanol–water partition coefficient (Wildman–Crippen LogP) is 3.52. The lowest BCUT2D eigenvalue weighted by molar-refractivity contribution is -0.135. The summed E-state index contributed by atoms with van der Waals surface area (Å²) in [6, 6.07) is 3.52. The summed E-state index contributed by atoms with van der Waals surface area (Å²) in [5.41, 5.74) is 0.684. The molecule has 9 heteroatoms. The van der Waals surface area contributed by atoms with Gasteiger partial charge in [0.25, 0.3) is 11.1 Å². The van der Waals surface area contributed by atoms with E-state index < -0.39 is 11.1 Å². The summed E-state index contributed by atoms with van der Waals surface area (Å²) in [7, 11) is 1.53. The van der Waals surface area contributed by atoms with Crippen molar-refractivity contribution in [3.05, 3.63) is 27.1 Å². The minimum absolute atomic E-state index is 0.188. The summed E-state index contributed by atoms with van der Waals surface area (Å²) < 4.78 is 11.6. The zero-order valence-corrected chi connectivity index (χ0v) is 18.1. The number of amides is 3. The summed E-state index contributed by atoms with van der Waals surface area (Å²) >= 11 is 4.28. The molecule has 2 aliphatic rings. The second-order valence-corrected chi connectivity index (χ2v) is 8.17. The average Bonchev–Trinajstić information content (AvgIpc) is 3.29. The van der Waals surface area contributed by atoms with Gasteiger partial charge in [-0.15, -0.1) is 0 Å². The van der Waals surface area contributed by atoms with Crippen molar-refractivity contribution in [1.29, 1.82) is 0 Å². The Balaban J connectivity index is 1.79. The molecule has 0 saturated carbocycles. The van der Waals surface area contributed by atoms with E-state index >= 15 is 0 Å². The maximum atomic E-state index is 12.7. The lowest BCUT2D eigenvalue weighted by atomic mass is 10.2. The fourth-order valence-electron chi connectivity index (χ4n) is 3.10. The van der Waals surface area contributed by atoms with Crippen LogP contribution in [-0.4, -0.2) is 60.2 Å². The third-order valence-corrected chi connectivity index (χ3v) is 5.96. The molecule has 0 spiro atoms. The molecule has 2 saturated heterocycles. The fraction of sp³-hybridized carbons (Fsp3) is 0.421. The molecule has 3 rings (SSSR count). The summed E-state index contributed by atoms with van der Waals surface area (Å²) in [6.45, 7) is 3.52. The van der Waals surface area contributed by atoms with Crippen molar-refractivity contribution >= 4 is 50.8 Å². The highest BCUT2D eigenvalue weighted by atomic mass is 79.9. The maximum Gasteiger partial charge on any atom is 0.294 e. The van der Waals surface area contributed by atoms with Crippen LogP contribution in [0.1, 0.15) is 25.3 Å². The van der Waals surface area contributed by atoms with Crippen molar-refractivity contribution in [3.63, 3.8) is 0 Å². The molecule has 2 heterocycles. The van der Waals surface area contributed by atoms with E-state index in [0.717, 1.165) is 29.5 Å². The second kappa shape index (κ2) is 9.00. The number of halogens is 1. The first kappa shape index (κ1) is 20.7. The highest BCUT2D eigenvalue weighted by Crippen LogP contribution is 2.39. The molecule has 0 radical (unpaired) electrons. The molecular weight excluding hydrogens is 448 g/mol. The summed E-state index contributed by atoms with van der Waals surface area (Å²) in [4.78, 5) is 40.2. The molecule has 3 amide bonds. The smallest absolute Gasteiger partial charge is 0.294 e. The van der Waals surface area contributed by atoms with Crippen molar-refractivity contribution < 1.29 is 23.9 Å². The molecular formula is C19H21BrN2O5S. The van der Waals surface area contributed by atoms with E-state index in [4.69, 9.17) is 9.47 Å². The Hall–Kier alpha value is -2.00. The van der Waals surface area contributed by atoms with Crippen LogP contribution in [0.15, 0.2) is 21.5 Å². The number of benzene rings is 1. The minimum atomic E-state index is -0.452. The van der Waals surface area contributed by atoms with Gasteiger partial charge in [-0.05, 0) is 71.2 Å². The average molecular weight is 469 g/mol. The Morgan fingerprint density at radius 1 is 1.29 bits per heavy atom. The number of thioether (sulfide) groups is 1. The molecule has 0 atom stereocenters. The van der Waals surface area contributed by atoms with Crippen molar-refractivity contribution in [2.45, 2.75) is 19.8 Å². The van der Waals surface area contributed by atoms with E-state index in [0.29, 0.717) is 41.2 Å². The van der Waals surface area contributed by atoms with Crippen LogP contribution in [-0.2, 0) is 9.59 Å². The Bertz CT molecular complexity index is 836. The van der Waals surface area contributed by atoms with E-state index in [1.54, 1.807) is 23.1 Å². The van der Waals surface area contributed by atoms with Gasteiger partial charge in [-0.3, -0.25) is 19.3 Å². The van der Waals surface area contributed by atoms with Crippen LogP contribution in [0.5, 0.6) is 11.5 Å². The van der Waals surface area contributed by atoms with Crippen LogP contribution in [0.3, 0.4) is 0 Å². The van der Waals surface area contributed by atoms with Gasteiger partial charge in [-0.1, -0.05) is 0 Å². The molecule has 1 aromatic carbocycles. The molecule has 0 bridgehead atoms. The van der Waals surface area contributed by atoms with Crippen molar-refractivity contribution in [2.75, 3.05) is 33.4 Å². The van der Waals surface area contributed by atoms with E-state index in [2.05, 4.69) is 15.9 Å². The molecule has 28 heavy (non-hydrogen) atoms. The number of ether oxygens (including phenoxy) is 2. The molecule has 7 nitrogen and oxygen atoms in total. The predicted molar refractivity (Wildman–Crippen MR) is 110 cm³/mol. The number of nitrogens with zero attached hydrogens (tertiary/aromatic N) is 2. The zero-order chi connectivity index (χ0) is 20.3. The van der Waals surface area contributed by atoms with Gasteiger partial charge in [0.2, 0.25) is 5.91 Å². The van der Waals surface area contributed by atoms with E-state index in [9.17, 15) is 14.4 Å². The molecule has 0 unspecified atom stereocenters. The number of likely N-dealkylation sites (tertiary alicyclic amines) is 1. The second-order valence-electron chi connectivity index (χ2n) is 6.32. The maximum absolute atomic E-state index is 12.7. The SMILES string of the molecule is CCOc1c(Br)cc(/C=C2/SC(=O)N(CC(=O)N3CCCC3)C2=O)cc1OC. The topological polar surface area (TPSA) is 76.2 Å². The molecule has 0 aromatic heterocycles. The summed E-state index contributed by atoms with van der Waals surface area (Å²) in [6.07, 6.45) is 3.54. The largest absolute Gasteiger partial charge is 0.493 e. The zero-order valence-electron chi connectivity index (χ0n) is 15.7. The summed E-state index contributed by atoms with van der Waals surface area (Å²) in [5.74, 6) is 0.454. The highest BCUT2D eigenvalue weighted by molar-refractivity contribution is 9.10. The molecule has 0 N–H and O–H groups in total. The Morgan fingerprint density at radius 2 is 2.00 bits per heavy atom. The first-order valence-corrected chi connectivity index (χ1v) is 10.6. The summed E-state index contributed by atoms with van der Waals surface area (Å²) in [5, 5.41) is -0.430. The number of methoxy groups -OCH3 is 1. The third kappa shape index (κ3) is 4.35. The van der Waals surface area contributed by atoms with Crippen LogP contribution in [0.4, 0.5) is 4.79 Å². The van der Waals surface area contributed by atoms with Crippen molar-refractivity contribution in [3.8, 4) is 11.5 Å². The van der Waals surface area contributed by atoms with Crippen LogP contribution >= 0.6 is 27.7 Å². The first-order valence-electron chi connectivity index (χ1n) is 8.98. The van der Waals surface area contributed by atoms with Crippen LogP contribution < -0.4 is 9.47 Å². The minimum Gasteiger partial charge on any atom is -0.493 e. The van der Waals surface area contributed by atoms with E-state index in [-0.39, 0.29) is 17.4 Å². The van der Waals surface area contributed by atoms with Crippen LogP contribution in [0, 0.1) is 0 Å². The van der Waals surface area contributed by atoms with E-state index in [1.807, 2.05) is 6.92 Å². The lowest BCUT2D eigenvalue weighted by Gasteiger charge is -2.18. The monoisotopic (exact) mass is 468 g/mol. The van der Waals surface area contributed by atoms with Gasteiger partial charge in [0.1, 0.15) is 6.54 Å². The Labute approximate surface area is 176 Å². The van der Waals surface area contributed by atoms with Crippen LogP contribution in [0.2, 0.25) is 0 Å². The van der Waals surface area contributed by atoms with Gasteiger partial charge >= 0.3 is 0 Å². The highest BCUT2D eigenvalue weighted by Gasteiger charge is 2.37. The van der Waals surface area contributed by atoms with Gasteiger partial charge in [-0.25, -0.2) is 0 Å². The lowest BCUT2D eigenvalue weighted by Crippen LogP contribution is -2.40. The third-order valence-electron chi connectivity index (χ3n) is 4.46. The van der Waals surface area contributed by atoms with Crippen molar-refractivity contribution in [1.82, 2.24) is 9.80 Å². The van der Waals surface area contributed by atoms with Gasteiger partial charge < -0.3 is 14.4 Å². The van der Waals surface area contributed by atoms with Gasteiger partial charge in [0.05, 0.1) is 23.1 Å². The standard InChI is InChI=1S/C19H21BrN2O5S/c1-3-27-17-13(20)8-12(9-14(17)26-2)10-15-18(24)22(19(25)28-15)11-16(23)21-6-4-5-7-21/h8-10H,3-7,11H2,1-2H3/b15-10+. The molecule has 1 aromatic rings. The normalized spacial score (nSPS) is 18.3. The Morgan fingerprint density at radius 3 is 2.64 bits per heavy atom. The van der Waals surface area contributed by atoms with Crippen molar-refractivity contribution in [2.24, 2.45) is 0 Å². The quantitative estimate of drug-likeness (QED) is 0.594. The molecule has 2 fully saturated rings. The first-order chi connectivity index (χ1) is 13.4. The number of carbonyl (C=O) groups is 3. The van der Waals surface area contributed by atoms with Gasteiger partial charge in [0, 0.05) is 13.1 Å². The number of rotatable bonds is 6. The van der Waals surface area contributed by atoms with Gasteiger partial charge in [-0.2, -0.15) is 0 Å².